The van der Waals surface area contributed by atoms with E-state index < -0.39 is 0 Å². The lowest BCUT2D eigenvalue weighted by molar-refractivity contribution is 0.621. The van der Waals surface area contributed by atoms with Crippen molar-refractivity contribution in [3.05, 3.63) is 162 Å². The van der Waals surface area contributed by atoms with E-state index in [-0.39, 0.29) is 10.8 Å². The summed E-state index contributed by atoms with van der Waals surface area (Å²) in [5, 5.41) is 0. The molecule has 0 bridgehead atoms. The van der Waals surface area contributed by atoms with Crippen LogP contribution in [0.4, 0.5) is 17.1 Å². The molecule has 6 aromatic carbocycles. The van der Waals surface area contributed by atoms with E-state index in [0.717, 1.165) is 33.9 Å². The Hall–Kier alpha value is -5.41. The molecule has 3 nitrogen and oxygen atoms in total. The number of hydrogen-bond donors (Lipinski definition) is 0. The molecular weight excluding hydrogens is 558 g/mol. The molecule has 0 N–H and O–H groups in total. The predicted octanol–water partition coefficient (Wildman–Crippen LogP) is 11.1. The number of para-hydroxylation sites is 2. The molecule has 7 aromatic rings. The molecule has 0 radical (unpaired) electrons. The number of rotatable bonds is 4. The van der Waals surface area contributed by atoms with Crippen molar-refractivity contribution >= 4 is 28.1 Å². The molecule has 0 spiro atoms. The van der Waals surface area contributed by atoms with E-state index in [4.69, 9.17) is 4.98 Å². The molecule has 1 aromatic heterocycles. The number of fused-ring (bicyclic) bond motifs is 8. The van der Waals surface area contributed by atoms with Gasteiger partial charge >= 0.3 is 0 Å². The molecule has 46 heavy (non-hydrogen) atoms. The van der Waals surface area contributed by atoms with Gasteiger partial charge in [-0.1, -0.05) is 111 Å². The quantitative estimate of drug-likeness (QED) is 0.202. The van der Waals surface area contributed by atoms with E-state index in [1.807, 2.05) is 0 Å². The number of imidazole rings is 1. The Kier molecular flexibility index (Phi) is 5.59. The Bertz CT molecular complexity index is 2310. The normalized spacial score (nSPS) is 14.9. The van der Waals surface area contributed by atoms with E-state index in [1.54, 1.807) is 0 Å². The van der Waals surface area contributed by atoms with E-state index in [0.29, 0.717) is 0 Å². The van der Waals surface area contributed by atoms with Crippen LogP contribution in [0.5, 0.6) is 0 Å². The van der Waals surface area contributed by atoms with Crippen LogP contribution < -0.4 is 4.90 Å². The highest BCUT2D eigenvalue weighted by Gasteiger charge is 2.40. The first-order valence-corrected chi connectivity index (χ1v) is 16.2. The third-order valence-electron chi connectivity index (χ3n) is 10.3. The molecule has 1 aliphatic carbocycles. The smallest absolute Gasteiger partial charge is 0.124 e. The number of nitrogens with zero attached hydrogens (tertiary/aromatic N) is 3. The molecule has 9 rings (SSSR count). The number of anilines is 3. The summed E-state index contributed by atoms with van der Waals surface area (Å²) < 4.78 is 2.37. The minimum absolute atomic E-state index is 0.0971. The molecule has 2 aliphatic rings. The predicted molar refractivity (Wildman–Crippen MR) is 191 cm³/mol. The second-order valence-electron chi connectivity index (χ2n) is 13.7. The van der Waals surface area contributed by atoms with Crippen LogP contribution in [-0.4, -0.2) is 9.55 Å². The molecule has 0 atom stereocenters. The van der Waals surface area contributed by atoms with Crippen molar-refractivity contribution in [1.82, 2.24) is 9.55 Å². The molecule has 0 amide bonds. The van der Waals surface area contributed by atoms with Gasteiger partial charge in [0.1, 0.15) is 11.3 Å². The first-order chi connectivity index (χ1) is 22.3. The Labute approximate surface area is 270 Å². The minimum atomic E-state index is -0.196. The Balaban J connectivity index is 1.27. The summed E-state index contributed by atoms with van der Waals surface area (Å²) in [6.07, 6.45) is 0. The van der Waals surface area contributed by atoms with E-state index in [2.05, 4.69) is 177 Å². The molecule has 0 unspecified atom stereocenters. The Morgan fingerprint density at radius 1 is 0.522 bits per heavy atom. The molecule has 2 heterocycles. The fourth-order valence-electron chi connectivity index (χ4n) is 7.94. The van der Waals surface area contributed by atoms with Crippen molar-refractivity contribution in [3.63, 3.8) is 0 Å². The lowest BCUT2D eigenvalue weighted by Gasteiger charge is -2.28. The molecule has 0 saturated carbocycles. The van der Waals surface area contributed by atoms with Crippen LogP contribution in [0.15, 0.2) is 140 Å². The van der Waals surface area contributed by atoms with Gasteiger partial charge in [-0.2, -0.15) is 0 Å². The van der Waals surface area contributed by atoms with Crippen molar-refractivity contribution in [3.8, 4) is 27.9 Å². The van der Waals surface area contributed by atoms with Gasteiger partial charge in [-0.25, -0.2) is 4.98 Å². The highest BCUT2D eigenvalue weighted by molar-refractivity contribution is 5.97. The summed E-state index contributed by atoms with van der Waals surface area (Å²) in [5.74, 6) is 1.08. The van der Waals surface area contributed by atoms with Gasteiger partial charge in [0, 0.05) is 16.8 Å². The highest BCUT2D eigenvalue weighted by atomic mass is 15.2. The standard InChI is InChI=1S/C43H35N3/c1-42(2)34-16-9-8-15-32(34)33-26-25-31(27-36(33)42)45(30-23-21-29(22-24-30)28-13-6-5-7-14-28)38-19-12-20-39-40(38)44-41-43(3,4)35-17-10-11-18-37(35)46(39)41/h5-27H,1-4H3. The van der Waals surface area contributed by atoms with E-state index in [9.17, 15) is 0 Å². The van der Waals surface area contributed by atoms with Crippen LogP contribution in [0.25, 0.3) is 39.0 Å². The summed E-state index contributed by atoms with van der Waals surface area (Å²) in [7, 11) is 0. The second kappa shape index (κ2) is 9.55. The lowest BCUT2D eigenvalue weighted by atomic mass is 9.82. The minimum Gasteiger partial charge on any atom is -0.308 e. The van der Waals surface area contributed by atoms with Crippen LogP contribution >= 0.6 is 0 Å². The van der Waals surface area contributed by atoms with Crippen LogP contribution in [-0.2, 0) is 10.8 Å². The average molecular weight is 594 g/mol. The van der Waals surface area contributed by atoms with Gasteiger partial charge in [-0.05, 0) is 95.3 Å². The maximum atomic E-state index is 5.45. The number of aromatic nitrogens is 2. The van der Waals surface area contributed by atoms with Gasteiger partial charge < -0.3 is 4.90 Å². The summed E-state index contributed by atoms with van der Waals surface area (Å²) in [5.41, 5.74) is 15.5. The van der Waals surface area contributed by atoms with Gasteiger partial charge in [0.2, 0.25) is 0 Å². The van der Waals surface area contributed by atoms with Crippen molar-refractivity contribution in [2.75, 3.05) is 4.90 Å². The van der Waals surface area contributed by atoms with Crippen molar-refractivity contribution in [2.24, 2.45) is 0 Å². The zero-order valence-electron chi connectivity index (χ0n) is 26.6. The molecule has 1 aliphatic heterocycles. The van der Waals surface area contributed by atoms with Gasteiger partial charge in [-0.15, -0.1) is 0 Å². The molecule has 3 heteroatoms. The summed E-state index contributed by atoms with van der Waals surface area (Å²) in [6, 6.07) is 50.7. The van der Waals surface area contributed by atoms with Crippen molar-refractivity contribution in [1.29, 1.82) is 0 Å². The third kappa shape index (κ3) is 3.69. The Morgan fingerprint density at radius 2 is 1.17 bits per heavy atom. The summed E-state index contributed by atoms with van der Waals surface area (Å²) in [4.78, 5) is 7.85. The maximum Gasteiger partial charge on any atom is 0.124 e. The van der Waals surface area contributed by atoms with Gasteiger partial charge in [0.05, 0.1) is 22.3 Å². The first kappa shape index (κ1) is 26.9. The highest BCUT2D eigenvalue weighted by Crippen LogP contribution is 2.52. The number of benzene rings is 6. The van der Waals surface area contributed by atoms with Crippen LogP contribution in [0.1, 0.15) is 50.2 Å². The average Bonchev–Trinajstić information content (AvgIpc) is 3.67. The molecule has 0 saturated heterocycles. The van der Waals surface area contributed by atoms with Crippen molar-refractivity contribution < 1.29 is 0 Å². The fraction of sp³-hybridized carbons (Fsp3) is 0.140. The first-order valence-electron chi connectivity index (χ1n) is 16.2. The number of hydrogen-bond acceptors (Lipinski definition) is 2. The summed E-state index contributed by atoms with van der Waals surface area (Å²) in [6.45, 7) is 9.27. The lowest BCUT2D eigenvalue weighted by Crippen LogP contribution is -2.17. The van der Waals surface area contributed by atoms with Gasteiger partial charge in [0.15, 0.2) is 0 Å². The maximum absolute atomic E-state index is 5.45. The van der Waals surface area contributed by atoms with Crippen LogP contribution in [0.2, 0.25) is 0 Å². The zero-order chi connectivity index (χ0) is 31.2. The topological polar surface area (TPSA) is 21.1 Å². The molecule has 222 valence electrons. The second-order valence-corrected chi connectivity index (χ2v) is 13.7. The Morgan fingerprint density at radius 3 is 1.98 bits per heavy atom. The summed E-state index contributed by atoms with van der Waals surface area (Å²) >= 11 is 0. The molecule has 0 fully saturated rings. The largest absolute Gasteiger partial charge is 0.308 e. The zero-order valence-corrected chi connectivity index (χ0v) is 26.6. The van der Waals surface area contributed by atoms with Crippen LogP contribution in [0.3, 0.4) is 0 Å². The third-order valence-corrected chi connectivity index (χ3v) is 10.3. The van der Waals surface area contributed by atoms with Gasteiger partial charge in [0.25, 0.3) is 0 Å². The van der Waals surface area contributed by atoms with E-state index in [1.165, 1.54) is 44.6 Å². The van der Waals surface area contributed by atoms with Gasteiger partial charge in [-0.3, -0.25) is 4.57 Å². The van der Waals surface area contributed by atoms with Crippen LogP contribution in [0, 0.1) is 0 Å². The molecular formula is C43H35N3. The fourth-order valence-corrected chi connectivity index (χ4v) is 7.94. The monoisotopic (exact) mass is 593 g/mol. The van der Waals surface area contributed by atoms with Crippen molar-refractivity contribution in [2.45, 2.75) is 38.5 Å². The SMILES string of the molecule is CC1(C)c2ccccc2-c2ccc(N(c3ccc(-c4ccccc4)cc3)c3cccc4c3nc3n4-c4ccccc4C3(C)C)cc21. The van der Waals surface area contributed by atoms with E-state index >= 15 is 0 Å².